The standard InChI is InChI=1S/C9H14N4OS/c1-9(2,7(10)15)8(14)12-4-6-3-11-5-13-6/h3,5H,4H2,1-2H3,(H2,10,15)(H,11,13)(H,12,14). The third kappa shape index (κ3) is 2.76. The first-order chi connectivity index (χ1) is 6.94. The van der Waals surface area contributed by atoms with Gasteiger partial charge in [0.1, 0.15) is 0 Å². The summed E-state index contributed by atoms with van der Waals surface area (Å²) in [5.41, 5.74) is 5.48. The Balaban J connectivity index is 2.53. The molecule has 6 heteroatoms. The molecule has 0 saturated heterocycles. The van der Waals surface area contributed by atoms with Crippen LogP contribution in [-0.4, -0.2) is 20.9 Å². The van der Waals surface area contributed by atoms with E-state index in [0.29, 0.717) is 6.54 Å². The molecule has 1 amide bonds. The molecular weight excluding hydrogens is 212 g/mol. The van der Waals surface area contributed by atoms with Crippen LogP contribution in [0.4, 0.5) is 0 Å². The summed E-state index contributed by atoms with van der Waals surface area (Å²) in [6, 6.07) is 0. The summed E-state index contributed by atoms with van der Waals surface area (Å²) in [7, 11) is 0. The van der Waals surface area contributed by atoms with Gasteiger partial charge in [-0.1, -0.05) is 12.2 Å². The number of nitrogens with two attached hydrogens (primary N) is 1. The molecular formula is C9H14N4OS. The molecule has 0 saturated carbocycles. The van der Waals surface area contributed by atoms with Crippen molar-refractivity contribution in [1.82, 2.24) is 15.3 Å². The number of hydrogen-bond donors (Lipinski definition) is 3. The summed E-state index contributed by atoms with van der Waals surface area (Å²) in [4.78, 5) is 18.6. The predicted molar refractivity (Wildman–Crippen MR) is 61.0 cm³/mol. The van der Waals surface area contributed by atoms with Crippen molar-refractivity contribution in [1.29, 1.82) is 0 Å². The van der Waals surface area contributed by atoms with Crippen LogP contribution in [0.1, 0.15) is 19.5 Å². The fourth-order valence-corrected chi connectivity index (χ4v) is 0.982. The number of amides is 1. The zero-order valence-electron chi connectivity index (χ0n) is 8.70. The summed E-state index contributed by atoms with van der Waals surface area (Å²) in [5.74, 6) is -0.190. The summed E-state index contributed by atoms with van der Waals surface area (Å²) >= 11 is 4.82. The second-order valence-electron chi connectivity index (χ2n) is 3.75. The highest BCUT2D eigenvalue weighted by Gasteiger charge is 2.30. The van der Waals surface area contributed by atoms with Gasteiger partial charge in [0.25, 0.3) is 0 Å². The Kier molecular flexibility index (Phi) is 3.41. The molecule has 0 atom stereocenters. The number of H-pyrrole nitrogens is 1. The van der Waals surface area contributed by atoms with Crippen LogP contribution in [0.25, 0.3) is 0 Å². The topological polar surface area (TPSA) is 83.8 Å². The predicted octanol–water partition coefficient (Wildman–Crippen LogP) is 0.338. The number of hydrogen-bond acceptors (Lipinski definition) is 3. The third-order valence-electron chi connectivity index (χ3n) is 2.18. The molecule has 0 radical (unpaired) electrons. The number of aromatic amines is 1. The van der Waals surface area contributed by atoms with Crippen molar-refractivity contribution < 1.29 is 4.79 Å². The smallest absolute Gasteiger partial charge is 0.232 e. The van der Waals surface area contributed by atoms with E-state index < -0.39 is 5.41 Å². The molecule has 0 spiro atoms. The number of imidazole rings is 1. The van der Waals surface area contributed by atoms with E-state index in [1.807, 2.05) is 0 Å². The molecule has 1 heterocycles. The number of nitrogens with zero attached hydrogens (tertiary/aromatic N) is 1. The van der Waals surface area contributed by atoms with Gasteiger partial charge in [0, 0.05) is 6.20 Å². The average molecular weight is 226 g/mol. The molecule has 82 valence electrons. The molecule has 4 N–H and O–H groups in total. The SMILES string of the molecule is CC(C)(C(=O)NCc1cnc[nH]1)C(N)=S. The molecule has 0 fully saturated rings. The Morgan fingerprint density at radius 2 is 2.40 bits per heavy atom. The molecule has 0 bridgehead atoms. The van der Waals surface area contributed by atoms with Gasteiger partial charge in [0.15, 0.2) is 0 Å². The van der Waals surface area contributed by atoms with Crippen molar-refractivity contribution in [3.8, 4) is 0 Å². The highest BCUT2D eigenvalue weighted by molar-refractivity contribution is 7.80. The summed E-state index contributed by atoms with van der Waals surface area (Å²) in [5, 5.41) is 2.73. The molecule has 5 nitrogen and oxygen atoms in total. The van der Waals surface area contributed by atoms with Crippen molar-refractivity contribution in [2.24, 2.45) is 11.1 Å². The average Bonchev–Trinajstić information content (AvgIpc) is 2.66. The molecule has 1 aromatic heterocycles. The van der Waals surface area contributed by atoms with Gasteiger partial charge >= 0.3 is 0 Å². The molecule has 15 heavy (non-hydrogen) atoms. The van der Waals surface area contributed by atoms with Crippen LogP contribution >= 0.6 is 12.2 Å². The highest BCUT2D eigenvalue weighted by Crippen LogP contribution is 2.15. The quantitative estimate of drug-likeness (QED) is 0.646. The van der Waals surface area contributed by atoms with Crippen molar-refractivity contribution in [2.45, 2.75) is 20.4 Å². The van der Waals surface area contributed by atoms with E-state index in [4.69, 9.17) is 18.0 Å². The minimum Gasteiger partial charge on any atom is -0.392 e. The maximum absolute atomic E-state index is 11.7. The van der Waals surface area contributed by atoms with E-state index in [0.717, 1.165) is 5.69 Å². The molecule has 0 aliphatic heterocycles. The lowest BCUT2D eigenvalue weighted by molar-refractivity contribution is -0.126. The zero-order valence-corrected chi connectivity index (χ0v) is 9.52. The lowest BCUT2D eigenvalue weighted by Crippen LogP contribution is -2.44. The molecule has 1 aromatic rings. The van der Waals surface area contributed by atoms with Crippen LogP contribution in [0.5, 0.6) is 0 Å². The van der Waals surface area contributed by atoms with Gasteiger partial charge in [-0.05, 0) is 13.8 Å². The maximum Gasteiger partial charge on any atom is 0.232 e. The lowest BCUT2D eigenvalue weighted by atomic mass is 9.92. The molecule has 1 rings (SSSR count). The van der Waals surface area contributed by atoms with Crippen LogP contribution < -0.4 is 11.1 Å². The van der Waals surface area contributed by atoms with Crippen LogP contribution in [0.15, 0.2) is 12.5 Å². The van der Waals surface area contributed by atoms with E-state index in [-0.39, 0.29) is 10.9 Å². The van der Waals surface area contributed by atoms with E-state index in [1.165, 1.54) is 0 Å². The summed E-state index contributed by atoms with van der Waals surface area (Å²) in [6.07, 6.45) is 3.20. The van der Waals surface area contributed by atoms with Crippen LogP contribution in [0.2, 0.25) is 0 Å². The van der Waals surface area contributed by atoms with Crippen molar-refractivity contribution in [3.05, 3.63) is 18.2 Å². The van der Waals surface area contributed by atoms with Crippen LogP contribution in [0.3, 0.4) is 0 Å². The highest BCUT2D eigenvalue weighted by atomic mass is 32.1. The minimum absolute atomic E-state index is 0.185. The summed E-state index contributed by atoms with van der Waals surface area (Å²) < 4.78 is 0. The molecule has 0 aromatic carbocycles. The fourth-order valence-electron chi connectivity index (χ4n) is 0.890. The van der Waals surface area contributed by atoms with Gasteiger partial charge in [0.05, 0.1) is 29.0 Å². The number of carbonyl (C=O) groups is 1. The number of aromatic nitrogens is 2. The Labute approximate surface area is 93.5 Å². The van der Waals surface area contributed by atoms with Gasteiger partial charge in [-0.15, -0.1) is 0 Å². The fraction of sp³-hybridized carbons (Fsp3) is 0.444. The Bertz CT molecular complexity index is 358. The second-order valence-corrected chi connectivity index (χ2v) is 4.19. The van der Waals surface area contributed by atoms with Gasteiger partial charge in [-0.2, -0.15) is 0 Å². The van der Waals surface area contributed by atoms with E-state index in [2.05, 4.69) is 15.3 Å². The number of nitrogens with one attached hydrogen (secondary N) is 2. The number of thiocarbonyl (C=S) groups is 1. The second kappa shape index (κ2) is 4.39. The van der Waals surface area contributed by atoms with E-state index in [1.54, 1.807) is 26.4 Å². The van der Waals surface area contributed by atoms with Crippen molar-refractivity contribution in [2.75, 3.05) is 0 Å². The summed E-state index contributed by atoms with van der Waals surface area (Å²) in [6.45, 7) is 3.78. The van der Waals surface area contributed by atoms with Gasteiger partial charge < -0.3 is 16.0 Å². The van der Waals surface area contributed by atoms with Crippen LogP contribution in [-0.2, 0) is 11.3 Å². The number of rotatable bonds is 4. The van der Waals surface area contributed by atoms with Crippen molar-refractivity contribution in [3.63, 3.8) is 0 Å². The normalized spacial score (nSPS) is 11.1. The maximum atomic E-state index is 11.7. The van der Waals surface area contributed by atoms with Crippen molar-refractivity contribution >= 4 is 23.1 Å². The zero-order chi connectivity index (χ0) is 11.5. The third-order valence-corrected chi connectivity index (χ3v) is 2.69. The monoisotopic (exact) mass is 226 g/mol. The first kappa shape index (κ1) is 11.6. The Morgan fingerprint density at radius 1 is 1.73 bits per heavy atom. The molecule has 0 aliphatic rings. The minimum atomic E-state index is -0.824. The van der Waals surface area contributed by atoms with E-state index in [9.17, 15) is 4.79 Å². The number of carbonyl (C=O) groups excluding carboxylic acids is 1. The molecule has 0 unspecified atom stereocenters. The lowest BCUT2D eigenvalue weighted by Gasteiger charge is -2.21. The first-order valence-electron chi connectivity index (χ1n) is 4.50. The van der Waals surface area contributed by atoms with Gasteiger partial charge in [-0.25, -0.2) is 4.98 Å². The van der Waals surface area contributed by atoms with Gasteiger partial charge in [-0.3, -0.25) is 4.79 Å². The molecule has 0 aliphatic carbocycles. The largest absolute Gasteiger partial charge is 0.392 e. The van der Waals surface area contributed by atoms with Crippen LogP contribution in [0, 0.1) is 5.41 Å². The Hall–Kier alpha value is -1.43. The Morgan fingerprint density at radius 3 is 2.87 bits per heavy atom. The van der Waals surface area contributed by atoms with E-state index >= 15 is 0 Å². The first-order valence-corrected chi connectivity index (χ1v) is 4.91. The van der Waals surface area contributed by atoms with Gasteiger partial charge in [0.2, 0.25) is 5.91 Å².